The minimum Gasteiger partial charge on any atom is -0.496 e. The van der Waals surface area contributed by atoms with E-state index in [1.165, 1.54) is 0 Å². The van der Waals surface area contributed by atoms with Crippen LogP contribution in [0, 0.1) is 5.41 Å². The van der Waals surface area contributed by atoms with Gasteiger partial charge in [0.05, 0.1) is 13.2 Å². The molecule has 0 bridgehead atoms. The van der Waals surface area contributed by atoms with E-state index in [-0.39, 0.29) is 30.3 Å². The summed E-state index contributed by atoms with van der Waals surface area (Å²) in [6.45, 7) is 8.35. The van der Waals surface area contributed by atoms with E-state index in [2.05, 4.69) is 10.6 Å². The van der Waals surface area contributed by atoms with Crippen LogP contribution in [0.3, 0.4) is 0 Å². The molecule has 0 spiro atoms. The number of carbonyl (C=O) groups is 2. The average Bonchev–Trinajstić information content (AvgIpc) is 2.64. The van der Waals surface area contributed by atoms with Crippen molar-refractivity contribution < 1.29 is 14.3 Å². The van der Waals surface area contributed by atoms with Crippen LogP contribution in [0.5, 0.6) is 5.75 Å². The number of para-hydroxylation sites is 1. The number of benzene rings is 1. The second kappa shape index (κ2) is 10.5. The van der Waals surface area contributed by atoms with Crippen molar-refractivity contribution in [2.45, 2.75) is 39.7 Å². The zero-order valence-corrected chi connectivity index (χ0v) is 17.5. The maximum Gasteiger partial charge on any atom is 0.225 e. The number of halogens is 1. The Kier molecular flexibility index (Phi) is 9.06. The van der Waals surface area contributed by atoms with Gasteiger partial charge in [0, 0.05) is 43.6 Å². The maximum atomic E-state index is 12.8. The summed E-state index contributed by atoms with van der Waals surface area (Å²) in [6, 6.07) is 7.81. The molecular weight excluding hydrogens is 366 g/mol. The van der Waals surface area contributed by atoms with E-state index in [0.29, 0.717) is 32.5 Å². The minimum absolute atomic E-state index is 0. The van der Waals surface area contributed by atoms with Crippen molar-refractivity contribution in [1.29, 1.82) is 0 Å². The Morgan fingerprint density at radius 1 is 1.30 bits per heavy atom. The predicted molar refractivity (Wildman–Crippen MR) is 109 cm³/mol. The monoisotopic (exact) mass is 397 g/mol. The van der Waals surface area contributed by atoms with Gasteiger partial charge < -0.3 is 20.3 Å². The first-order valence-electron chi connectivity index (χ1n) is 9.26. The smallest absolute Gasteiger partial charge is 0.225 e. The van der Waals surface area contributed by atoms with E-state index >= 15 is 0 Å². The topological polar surface area (TPSA) is 70.7 Å². The van der Waals surface area contributed by atoms with Crippen molar-refractivity contribution in [2.24, 2.45) is 5.41 Å². The van der Waals surface area contributed by atoms with Crippen molar-refractivity contribution in [3.05, 3.63) is 29.8 Å². The number of hydrogen-bond donors (Lipinski definition) is 2. The van der Waals surface area contributed by atoms with E-state index < -0.39 is 5.41 Å². The third kappa shape index (κ3) is 6.40. The number of amides is 2. The highest BCUT2D eigenvalue weighted by Gasteiger charge is 2.29. The molecule has 7 heteroatoms. The van der Waals surface area contributed by atoms with Gasteiger partial charge >= 0.3 is 0 Å². The molecule has 6 nitrogen and oxygen atoms in total. The van der Waals surface area contributed by atoms with Gasteiger partial charge in [-0.3, -0.25) is 9.59 Å². The fourth-order valence-electron chi connectivity index (χ4n) is 3.07. The van der Waals surface area contributed by atoms with Gasteiger partial charge in [-0.15, -0.1) is 12.4 Å². The molecule has 27 heavy (non-hydrogen) atoms. The molecule has 1 unspecified atom stereocenters. The van der Waals surface area contributed by atoms with E-state index in [4.69, 9.17) is 4.74 Å². The number of piperazine rings is 1. The summed E-state index contributed by atoms with van der Waals surface area (Å²) in [5.41, 5.74) is 0.619. The highest BCUT2D eigenvalue weighted by Crippen LogP contribution is 2.30. The van der Waals surface area contributed by atoms with Gasteiger partial charge in [-0.05, 0) is 12.5 Å². The molecule has 0 radical (unpaired) electrons. The lowest BCUT2D eigenvalue weighted by Gasteiger charge is -2.37. The van der Waals surface area contributed by atoms with Crippen molar-refractivity contribution in [3.8, 4) is 5.75 Å². The van der Waals surface area contributed by atoms with Gasteiger partial charge in [0.2, 0.25) is 11.8 Å². The number of ether oxygens (including phenoxy) is 1. The number of hydrogen-bond acceptors (Lipinski definition) is 4. The van der Waals surface area contributed by atoms with Crippen LogP contribution in [-0.4, -0.2) is 50.0 Å². The third-order valence-electron chi connectivity index (χ3n) is 4.60. The van der Waals surface area contributed by atoms with Crippen LogP contribution >= 0.6 is 12.4 Å². The van der Waals surface area contributed by atoms with Crippen molar-refractivity contribution in [2.75, 3.05) is 33.3 Å². The zero-order valence-electron chi connectivity index (χ0n) is 16.7. The molecule has 0 saturated carbocycles. The highest BCUT2D eigenvalue weighted by atomic mass is 35.5. The van der Waals surface area contributed by atoms with Crippen molar-refractivity contribution in [3.63, 3.8) is 0 Å². The van der Waals surface area contributed by atoms with Crippen molar-refractivity contribution in [1.82, 2.24) is 15.5 Å². The molecular formula is C20H32ClN3O3. The van der Waals surface area contributed by atoms with Crippen LogP contribution in [0.15, 0.2) is 24.3 Å². The Bertz CT molecular complexity index is 631. The normalized spacial score (nSPS) is 17.0. The molecule has 152 valence electrons. The number of carbonyl (C=O) groups excluding carboxylic acids is 2. The molecule has 1 aliphatic heterocycles. The molecule has 2 rings (SSSR count). The standard InChI is InChI=1S/C20H31N3O3.ClH/c1-20(2,3)19(25)22-11-7-10-18(24)23-13-12-21-14-16(23)15-8-5-6-9-17(15)26-4;/h5-6,8-9,16,21H,7,10-14H2,1-4H3,(H,22,25);1H. The average molecular weight is 398 g/mol. The molecule has 1 aromatic carbocycles. The molecule has 0 aliphatic carbocycles. The maximum absolute atomic E-state index is 12.8. The molecule has 2 N–H and O–H groups in total. The van der Waals surface area contributed by atoms with Gasteiger partial charge in [0.15, 0.2) is 0 Å². The molecule has 1 heterocycles. The summed E-state index contributed by atoms with van der Waals surface area (Å²) >= 11 is 0. The lowest BCUT2D eigenvalue weighted by Crippen LogP contribution is -2.48. The summed E-state index contributed by atoms with van der Waals surface area (Å²) in [5.74, 6) is 0.933. The first-order chi connectivity index (χ1) is 12.3. The van der Waals surface area contributed by atoms with Gasteiger partial charge in [-0.2, -0.15) is 0 Å². The van der Waals surface area contributed by atoms with Gasteiger partial charge in [0.1, 0.15) is 5.75 Å². The summed E-state index contributed by atoms with van der Waals surface area (Å²) in [5, 5.41) is 6.26. The van der Waals surface area contributed by atoms with Crippen LogP contribution in [0.4, 0.5) is 0 Å². The molecule has 1 aromatic rings. The number of nitrogens with zero attached hydrogens (tertiary/aromatic N) is 1. The fraction of sp³-hybridized carbons (Fsp3) is 0.600. The predicted octanol–water partition coefficient (Wildman–Crippen LogP) is 2.53. The van der Waals surface area contributed by atoms with Crippen LogP contribution in [0.1, 0.15) is 45.2 Å². The first-order valence-corrected chi connectivity index (χ1v) is 9.26. The van der Waals surface area contributed by atoms with Crippen LogP contribution < -0.4 is 15.4 Å². The Morgan fingerprint density at radius 2 is 2.00 bits per heavy atom. The third-order valence-corrected chi connectivity index (χ3v) is 4.60. The molecule has 0 aromatic heterocycles. The Labute approximate surface area is 168 Å². The molecule has 1 fully saturated rings. The van der Waals surface area contributed by atoms with Crippen LogP contribution in [-0.2, 0) is 9.59 Å². The fourth-order valence-corrected chi connectivity index (χ4v) is 3.07. The lowest BCUT2D eigenvalue weighted by atomic mass is 9.96. The van der Waals surface area contributed by atoms with Crippen molar-refractivity contribution >= 4 is 24.2 Å². The number of rotatable bonds is 6. The minimum atomic E-state index is -0.405. The molecule has 1 atom stereocenters. The Morgan fingerprint density at radius 3 is 2.67 bits per heavy atom. The number of nitrogens with one attached hydrogen (secondary N) is 2. The van der Waals surface area contributed by atoms with Crippen LogP contribution in [0.2, 0.25) is 0 Å². The first kappa shape index (κ1) is 23.2. The molecule has 1 saturated heterocycles. The van der Waals surface area contributed by atoms with E-state index in [1.54, 1.807) is 7.11 Å². The zero-order chi connectivity index (χ0) is 19.2. The summed E-state index contributed by atoms with van der Waals surface area (Å²) in [7, 11) is 1.65. The van der Waals surface area contributed by atoms with Gasteiger partial charge in [0.25, 0.3) is 0 Å². The Balaban J connectivity index is 0.00000364. The largest absolute Gasteiger partial charge is 0.496 e. The second-order valence-corrected chi connectivity index (χ2v) is 7.66. The van der Waals surface area contributed by atoms with E-state index in [0.717, 1.165) is 17.9 Å². The second-order valence-electron chi connectivity index (χ2n) is 7.66. The summed E-state index contributed by atoms with van der Waals surface area (Å²) in [6.07, 6.45) is 1.07. The molecule has 1 aliphatic rings. The summed E-state index contributed by atoms with van der Waals surface area (Å²) in [4.78, 5) is 26.6. The molecule has 2 amide bonds. The van der Waals surface area contributed by atoms with Gasteiger partial charge in [-0.25, -0.2) is 0 Å². The van der Waals surface area contributed by atoms with E-state index in [1.807, 2.05) is 49.9 Å². The lowest BCUT2D eigenvalue weighted by molar-refractivity contribution is -0.135. The van der Waals surface area contributed by atoms with E-state index in [9.17, 15) is 9.59 Å². The Hall–Kier alpha value is -1.79. The van der Waals surface area contributed by atoms with Crippen LogP contribution in [0.25, 0.3) is 0 Å². The number of methoxy groups -OCH3 is 1. The SMILES string of the molecule is COc1ccccc1C1CNCCN1C(=O)CCCNC(=O)C(C)(C)C.Cl. The quantitative estimate of drug-likeness (QED) is 0.723. The summed E-state index contributed by atoms with van der Waals surface area (Å²) < 4.78 is 5.47. The highest BCUT2D eigenvalue weighted by molar-refractivity contribution is 5.85. The van der Waals surface area contributed by atoms with Gasteiger partial charge in [-0.1, -0.05) is 39.0 Å².